The highest BCUT2D eigenvalue weighted by Crippen LogP contribution is 2.05. The molecule has 0 aromatic carbocycles. The van der Waals surface area contributed by atoms with E-state index >= 15 is 0 Å². The number of halogens is 1. The minimum atomic E-state index is -0.770. The van der Waals surface area contributed by atoms with Gasteiger partial charge in [0, 0.05) is 0 Å². The van der Waals surface area contributed by atoms with E-state index in [0.29, 0.717) is 0 Å². The molecule has 0 amide bonds. The van der Waals surface area contributed by atoms with Crippen molar-refractivity contribution in [2.45, 2.75) is 6.42 Å². The van der Waals surface area contributed by atoms with Crippen molar-refractivity contribution in [3.8, 4) is 0 Å². The molecule has 10 heavy (non-hydrogen) atoms. The second kappa shape index (κ2) is 4.30. The van der Waals surface area contributed by atoms with Crippen molar-refractivity contribution < 1.29 is 9.90 Å². The zero-order valence-corrected chi connectivity index (χ0v) is 6.74. The maximum absolute atomic E-state index is 10.1. The first-order valence-electron chi connectivity index (χ1n) is 2.52. The molecule has 0 saturated carbocycles. The second-order valence-corrected chi connectivity index (χ2v) is 2.48. The topological polar surface area (TPSA) is 37.3 Å². The first-order valence-corrected chi connectivity index (χ1v) is 3.46. The zero-order chi connectivity index (χ0) is 6.69. The van der Waals surface area contributed by atoms with E-state index in [1.807, 2.05) is 16.8 Å². The maximum Gasteiger partial charge on any atom is 0.307 e. The van der Waals surface area contributed by atoms with Gasteiger partial charge < -0.3 is 5.11 Å². The summed E-state index contributed by atoms with van der Waals surface area (Å²) in [7, 11) is 0. The number of carboxylic acid groups (broad SMARTS) is 1. The maximum atomic E-state index is 10.1. The Balaban J connectivity index is 0.000000810. The van der Waals surface area contributed by atoms with Crippen LogP contribution in [0.4, 0.5) is 0 Å². The second-order valence-electron chi connectivity index (χ2n) is 1.70. The molecule has 0 unspecified atom stereocenters. The molecule has 0 aliphatic heterocycles. The van der Waals surface area contributed by atoms with Gasteiger partial charge >= 0.3 is 5.97 Å². The molecule has 0 atom stereocenters. The molecule has 1 aromatic rings. The van der Waals surface area contributed by atoms with Crippen LogP contribution < -0.4 is 0 Å². The molecule has 1 aromatic heterocycles. The molecule has 0 radical (unpaired) electrons. The van der Waals surface area contributed by atoms with Crippen LogP contribution in [0, 0.1) is 0 Å². The third-order valence-electron chi connectivity index (χ3n) is 0.935. The summed E-state index contributed by atoms with van der Waals surface area (Å²) >= 11 is 1.52. The van der Waals surface area contributed by atoms with Crippen molar-refractivity contribution in [1.82, 2.24) is 0 Å². The molecule has 2 nitrogen and oxygen atoms in total. The van der Waals surface area contributed by atoms with Crippen LogP contribution in [-0.4, -0.2) is 11.1 Å². The Hall–Kier alpha value is -0.540. The van der Waals surface area contributed by atoms with Gasteiger partial charge in [0.05, 0.1) is 6.42 Å². The zero-order valence-electron chi connectivity index (χ0n) is 5.11. The van der Waals surface area contributed by atoms with E-state index in [1.165, 1.54) is 11.3 Å². The van der Waals surface area contributed by atoms with Gasteiger partial charge in [-0.3, -0.25) is 4.79 Å². The van der Waals surface area contributed by atoms with Gasteiger partial charge in [-0.25, -0.2) is 0 Å². The smallest absolute Gasteiger partial charge is 0.307 e. The molecule has 0 bridgehead atoms. The number of carboxylic acids is 1. The molecule has 0 saturated heterocycles. The highest BCUT2D eigenvalue weighted by molar-refractivity contribution is 7.07. The summed E-state index contributed by atoms with van der Waals surface area (Å²) in [5, 5.41) is 12.0. The first kappa shape index (κ1) is 9.46. The fourth-order valence-electron chi connectivity index (χ4n) is 0.568. The van der Waals surface area contributed by atoms with Crippen molar-refractivity contribution in [3.63, 3.8) is 0 Å². The molecule has 1 rings (SSSR count). The largest absolute Gasteiger partial charge is 0.481 e. The Morgan fingerprint density at radius 3 is 2.80 bits per heavy atom. The van der Waals surface area contributed by atoms with Gasteiger partial charge in [-0.1, -0.05) is 0 Å². The van der Waals surface area contributed by atoms with E-state index < -0.39 is 5.97 Å². The van der Waals surface area contributed by atoms with Gasteiger partial charge in [0.1, 0.15) is 0 Å². The van der Waals surface area contributed by atoms with Gasteiger partial charge in [-0.2, -0.15) is 11.3 Å². The standard InChI is InChI=1S/C6H6O2S.ClH/c7-6(8)3-5-1-2-9-4-5;/h1-2,4H,3H2,(H,7,8);1H. The van der Waals surface area contributed by atoms with Crippen molar-refractivity contribution in [1.29, 1.82) is 0 Å². The Morgan fingerprint density at radius 1 is 1.70 bits per heavy atom. The number of rotatable bonds is 2. The Morgan fingerprint density at radius 2 is 2.40 bits per heavy atom. The van der Waals surface area contributed by atoms with Crippen LogP contribution in [0.5, 0.6) is 0 Å². The minimum absolute atomic E-state index is 0. The normalized spacial score (nSPS) is 8.40. The van der Waals surface area contributed by atoms with Gasteiger partial charge in [-0.05, 0) is 22.4 Å². The van der Waals surface area contributed by atoms with Crippen LogP contribution in [-0.2, 0) is 11.2 Å². The predicted molar refractivity (Wildman–Crippen MR) is 42.9 cm³/mol. The minimum Gasteiger partial charge on any atom is -0.481 e. The molecular formula is C6H7ClO2S. The van der Waals surface area contributed by atoms with Crippen molar-refractivity contribution >= 4 is 29.7 Å². The molecule has 0 aliphatic rings. The highest BCUT2D eigenvalue weighted by Gasteiger charge is 1.97. The van der Waals surface area contributed by atoms with Crippen LogP contribution in [0.3, 0.4) is 0 Å². The molecule has 0 fully saturated rings. The van der Waals surface area contributed by atoms with Gasteiger partial charge in [0.25, 0.3) is 0 Å². The van der Waals surface area contributed by atoms with Crippen molar-refractivity contribution in [2.24, 2.45) is 0 Å². The lowest BCUT2D eigenvalue weighted by molar-refractivity contribution is -0.136. The molecule has 0 aliphatic carbocycles. The number of hydrogen-bond donors (Lipinski definition) is 1. The summed E-state index contributed by atoms with van der Waals surface area (Å²) in [4.78, 5) is 10.1. The molecule has 1 heterocycles. The van der Waals surface area contributed by atoms with Crippen molar-refractivity contribution in [3.05, 3.63) is 22.4 Å². The number of aliphatic carboxylic acids is 1. The summed E-state index contributed by atoms with van der Waals surface area (Å²) in [6.45, 7) is 0. The Bertz CT molecular complexity index is 196. The number of carbonyl (C=O) groups is 1. The third-order valence-corrected chi connectivity index (χ3v) is 1.67. The molecular weight excluding hydrogens is 172 g/mol. The van der Waals surface area contributed by atoms with E-state index in [-0.39, 0.29) is 18.8 Å². The fourth-order valence-corrected chi connectivity index (χ4v) is 1.24. The lowest BCUT2D eigenvalue weighted by Gasteiger charge is -1.85. The summed E-state index contributed by atoms with van der Waals surface area (Å²) in [6.07, 6.45) is 0.142. The van der Waals surface area contributed by atoms with E-state index in [4.69, 9.17) is 5.11 Å². The summed E-state index contributed by atoms with van der Waals surface area (Å²) < 4.78 is 0. The van der Waals surface area contributed by atoms with Gasteiger partial charge in [0.2, 0.25) is 0 Å². The van der Waals surface area contributed by atoms with E-state index in [9.17, 15) is 4.79 Å². The first-order chi connectivity index (χ1) is 4.29. The number of thiophene rings is 1. The van der Waals surface area contributed by atoms with Crippen LogP contribution >= 0.6 is 23.7 Å². The lowest BCUT2D eigenvalue weighted by atomic mass is 10.2. The summed E-state index contributed by atoms with van der Waals surface area (Å²) in [5.74, 6) is -0.770. The predicted octanol–water partition coefficient (Wildman–Crippen LogP) is 1.80. The van der Waals surface area contributed by atoms with E-state index in [0.717, 1.165) is 5.56 Å². The van der Waals surface area contributed by atoms with Gasteiger partial charge in [0.15, 0.2) is 0 Å². The average molecular weight is 179 g/mol. The molecule has 56 valence electrons. The Kier molecular flexibility index (Phi) is 4.07. The fraction of sp³-hybridized carbons (Fsp3) is 0.167. The molecule has 0 spiro atoms. The molecule has 4 heteroatoms. The highest BCUT2D eigenvalue weighted by atomic mass is 35.5. The van der Waals surface area contributed by atoms with Crippen molar-refractivity contribution in [2.75, 3.05) is 0 Å². The van der Waals surface area contributed by atoms with E-state index in [1.54, 1.807) is 0 Å². The summed E-state index contributed by atoms with van der Waals surface area (Å²) in [6, 6.07) is 1.82. The number of hydrogen-bond acceptors (Lipinski definition) is 2. The SMILES string of the molecule is Cl.O=C(O)Cc1ccsc1. The third kappa shape index (κ3) is 2.85. The van der Waals surface area contributed by atoms with E-state index in [2.05, 4.69) is 0 Å². The molecule has 1 N–H and O–H groups in total. The average Bonchev–Trinajstić information content (AvgIpc) is 2.15. The van der Waals surface area contributed by atoms with Crippen LogP contribution in [0.25, 0.3) is 0 Å². The summed E-state index contributed by atoms with van der Waals surface area (Å²) in [5.41, 5.74) is 0.882. The van der Waals surface area contributed by atoms with Crippen LogP contribution in [0.2, 0.25) is 0 Å². The van der Waals surface area contributed by atoms with Gasteiger partial charge in [-0.15, -0.1) is 12.4 Å². The Labute approximate surface area is 68.9 Å². The lowest BCUT2D eigenvalue weighted by Crippen LogP contribution is -1.97. The quantitative estimate of drug-likeness (QED) is 0.750. The van der Waals surface area contributed by atoms with Crippen LogP contribution in [0.15, 0.2) is 16.8 Å². The van der Waals surface area contributed by atoms with Crippen LogP contribution in [0.1, 0.15) is 5.56 Å². The monoisotopic (exact) mass is 178 g/mol.